The summed E-state index contributed by atoms with van der Waals surface area (Å²) in [7, 11) is 0. The zero-order chi connectivity index (χ0) is 21.9. The van der Waals surface area contributed by atoms with Crippen molar-refractivity contribution >= 4 is 23.3 Å². The third-order valence-electron chi connectivity index (χ3n) is 5.14. The molecule has 1 aromatic heterocycles. The number of anilines is 1. The number of carbonyl (C=O) groups excluding carboxylic acids is 1. The smallest absolute Gasteiger partial charge is 0.417 e. The van der Waals surface area contributed by atoms with Gasteiger partial charge in [-0.05, 0) is 43.2 Å². The number of pyridine rings is 1. The van der Waals surface area contributed by atoms with Crippen LogP contribution in [0, 0.1) is 13.8 Å². The highest BCUT2D eigenvalue weighted by molar-refractivity contribution is 6.33. The van der Waals surface area contributed by atoms with Gasteiger partial charge in [-0.3, -0.25) is 4.79 Å². The number of halogens is 4. The summed E-state index contributed by atoms with van der Waals surface area (Å²) in [5, 5.41) is -0.0496. The Kier molecular flexibility index (Phi) is 6.75. The maximum Gasteiger partial charge on any atom is 0.417 e. The second-order valence-corrected chi connectivity index (χ2v) is 7.65. The van der Waals surface area contributed by atoms with Gasteiger partial charge in [-0.2, -0.15) is 13.2 Å². The summed E-state index contributed by atoms with van der Waals surface area (Å²) in [4.78, 5) is 19.8. The Labute approximate surface area is 178 Å². The van der Waals surface area contributed by atoms with Gasteiger partial charge < -0.3 is 14.5 Å². The minimum Gasteiger partial charge on any atom is -0.493 e. The zero-order valence-corrected chi connectivity index (χ0v) is 17.6. The molecule has 2 heterocycles. The number of aromatic nitrogens is 1. The predicted molar refractivity (Wildman–Crippen MR) is 109 cm³/mol. The Morgan fingerprint density at radius 2 is 1.83 bits per heavy atom. The molecule has 9 heteroatoms. The van der Waals surface area contributed by atoms with E-state index in [0.717, 1.165) is 23.6 Å². The Morgan fingerprint density at radius 3 is 2.43 bits per heavy atom. The zero-order valence-electron chi connectivity index (χ0n) is 16.8. The first-order valence-corrected chi connectivity index (χ1v) is 9.98. The van der Waals surface area contributed by atoms with Gasteiger partial charge in [0.25, 0.3) is 0 Å². The van der Waals surface area contributed by atoms with E-state index in [1.165, 1.54) is 5.56 Å². The largest absolute Gasteiger partial charge is 0.493 e. The number of hydrogen-bond donors (Lipinski definition) is 0. The molecular formula is C21H23ClF3N3O2. The number of alkyl halides is 3. The van der Waals surface area contributed by atoms with Crippen LogP contribution in [-0.4, -0.2) is 48.6 Å². The van der Waals surface area contributed by atoms with Gasteiger partial charge in [0.2, 0.25) is 5.91 Å². The molecule has 30 heavy (non-hydrogen) atoms. The van der Waals surface area contributed by atoms with E-state index in [1.54, 1.807) is 9.80 Å². The average Bonchev–Trinajstić information content (AvgIpc) is 2.70. The molecule has 0 aliphatic carbocycles. The highest BCUT2D eigenvalue weighted by atomic mass is 35.5. The first kappa shape index (κ1) is 22.2. The fourth-order valence-electron chi connectivity index (χ4n) is 3.20. The third-order valence-corrected chi connectivity index (χ3v) is 5.42. The molecule has 1 amide bonds. The fourth-order valence-corrected chi connectivity index (χ4v) is 3.49. The molecule has 0 radical (unpaired) electrons. The van der Waals surface area contributed by atoms with Crippen LogP contribution in [0.3, 0.4) is 0 Å². The highest BCUT2D eigenvalue weighted by Crippen LogP contribution is 2.33. The molecule has 0 saturated carbocycles. The molecule has 1 saturated heterocycles. The van der Waals surface area contributed by atoms with Crippen molar-refractivity contribution in [1.29, 1.82) is 0 Å². The summed E-state index contributed by atoms with van der Waals surface area (Å²) < 4.78 is 44.0. The summed E-state index contributed by atoms with van der Waals surface area (Å²) in [6, 6.07) is 6.68. The van der Waals surface area contributed by atoms with E-state index in [1.807, 2.05) is 32.0 Å². The van der Waals surface area contributed by atoms with Crippen LogP contribution in [0.25, 0.3) is 0 Å². The van der Waals surface area contributed by atoms with Crippen LogP contribution in [0.1, 0.15) is 23.1 Å². The second kappa shape index (κ2) is 9.12. The first-order valence-electron chi connectivity index (χ1n) is 9.60. The minimum absolute atomic E-state index is 0.0232. The quantitative estimate of drug-likeness (QED) is 0.686. The van der Waals surface area contributed by atoms with E-state index >= 15 is 0 Å². The maximum absolute atomic E-state index is 12.8. The molecular weight excluding hydrogens is 419 g/mol. The number of aryl methyl sites for hydroxylation is 2. The van der Waals surface area contributed by atoms with E-state index in [2.05, 4.69) is 4.98 Å². The van der Waals surface area contributed by atoms with Crippen LogP contribution in [0.4, 0.5) is 19.0 Å². The number of nitrogens with zero attached hydrogens (tertiary/aromatic N) is 3. The molecule has 1 aliphatic rings. The van der Waals surface area contributed by atoms with Crippen LogP contribution in [0.5, 0.6) is 5.75 Å². The second-order valence-electron chi connectivity index (χ2n) is 7.24. The number of benzene rings is 1. The summed E-state index contributed by atoms with van der Waals surface area (Å²) in [6.07, 6.45) is -3.45. The van der Waals surface area contributed by atoms with E-state index in [4.69, 9.17) is 16.3 Å². The van der Waals surface area contributed by atoms with Gasteiger partial charge in [-0.25, -0.2) is 4.98 Å². The lowest BCUT2D eigenvalue weighted by atomic mass is 10.1. The SMILES string of the molecule is Cc1ccc(OCCC(=O)N2CCN(c3ncc(C(F)(F)F)cc3Cl)CC2)cc1C. The number of amides is 1. The van der Waals surface area contributed by atoms with E-state index in [-0.39, 0.29) is 24.0 Å². The number of rotatable bonds is 5. The average molecular weight is 442 g/mol. The Hall–Kier alpha value is -2.48. The van der Waals surface area contributed by atoms with Crippen LogP contribution < -0.4 is 9.64 Å². The van der Waals surface area contributed by atoms with Crippen molar-refractivity contribution in [1.82, 2.24) is 9.88 Å². The third kappa shape index (κ3) is 5.36. The van der Waals surface area contributed by atoms with Gasteiger partial charge >= 0.3 is 6.18 Å². The fraction of sp³-hybridized carbons (Fsp3) is 0.429. The van der Waals surface area contributed by atoms with Crippen LogP contribution in [0.15, 0.2) is 30.5 Å². The first-order chi connectivity index (χ1) is 14.1. The van der Waals surface area contributed by atoms with Gasteiger partial charge in [0.15, 0.2) is 0 Å². The molecule has 0 unspecified atom stereocenters. The van der Waals surface area contributed by atoms with Crippen molar-refractivity contribution in [2.75, 3.05) is 37.7 Å². The van der Waals surface area contributed by atoms with Crippen molar-refractivity contribution in [2.45, 2.75) is 26.4 Å². The molecule has 3 rings (SSSR count). The Morgan fingerprint density at radius 1 is 1.13 bits per heavy atom. The lowest BCUT2D eigenvalue weighted by Gasteiger charge is -2.35. The number of hydrogen-bond acceptors (Lipinski definition) is 4. The normalized spacial score (nSPS) is 14.7. The van der Waals surface area contributed by atoms with Gasteiger partial charge in [0, 0.05) is 32.4 Å². The van der Waals surface area contributed by atoms with Crippen molar-refractivity contribution in [2.24, 2.45) is 0 Å². The minimum atomic E-state index is -4.49. The molecule has 0 spiro atoms. The van der Waals surface area contributed by atoms with Crippen molar-refractivity contribution in [3.05, 3.63) is 52.2 Å². The lowest BCUT2D eigenvalue weighted by molar-refractivity contribution is -0.138. The van der Waals surface area contributed by atoms with Crippen molar-refractivity contribution in [3.8, 4) is 5.75 Å². The number of carbonyl (C=O) groups is 1. The van der Waals surface area contributed by atoms with Gasteiger partial charge in [-0.1, -0.05) is 17.7 Å². The van der Waals surface area contributed by atoms with Crippen LogP contribution in [0.2, 0.25) is 5.02 Å². The van der Waals surface area contributed by atoms with Crippen molar-refractivity contribution in [3.63, 3.8) is 0 Å². The molecule has 5 nitrogen and oxygen atoms in total. The van der Waals surface area contributed by atoms with Gasteiger partial charge in [0.05, 0.1) is 23.6 Å². The van der Waals surface area contributed by atoms with Crippen LogP contribution in [-0.2, 0) is 11.0 Å². The standard InChI is InChI=1S/C21H23ClF3N3O2/c1-14-3-4-17(11-15(14)2)30-10-5-19(29)27-6-8-28(9-7-27)20-18(22)12-16(13-26-20)21(23,24)25/h3-4,11-13H,5-10H2,1-2H3. The predicted octanol–water partition coefficient (Wildman–Crippen LogP) is 4.49. The highest BCUT2D eigenvalue weighted by Gasteiger charge is 2.32. The lowest BCUT2D eigenvalue weighted by Crippen LogP contribution is -2.49. The molecule has 0 N–H and O–H groups in total. The monoisotopic (exact) mass is 441 g/mol. The maximum atomic E-state index is 12.8. The number of piperazine rings is 1. The molecule has 1 aliphatic heterocycles. The number of ether oxygens (including phenoxy) is 1. The Bertz CT molecular complexity index is 913. The van der Waals surface area contributed by atoms with E-state index < -0.39 is 11.7 Å². The summed E-state index contributed by atoms with van der Waals surface area (Å²) in [6.45, 7) is 6.10. The molecule has 1 fully saturated rings. The summed E-state index contributed by atoms with van der Waals surface area (Å²) in [5.41, 5.74) is 1.43. The summed E-state index contributed by atoms with van der Waals surface area (Å²) in [5.74, 6) is 1.01. The summed E-state index contributed by atoms with van der Waals surface area (Å²) >= 11 is 6.01. The molecule has 2 aromatic rings. The topological polar surface area (TPSA) is 45.7 Å². The van der Waals surface area contributed by atoms with E-state index in [9.17, 15) is 18.0 Å². The van der Waals surface area contributed by atoms with Gasteiger partial charge in [-0.15, -0.1) is 0 Å². The van der Waals surface area contributed by atoms with E-state index in [0.29, 0.717) is 32.0 Å². The molecule has 162 valence electrons. The molecule has 0 atom stereocenters. The van der Waals surface area contributed by atoms with Crippen molar-refractivity contribution < 1.29 is 22.7 Å². The van der Waals surface area contributed by atoms with Crippen LogP contribution >= 0.6 is 11.6 Å². The molecule has 0 bridgehead atoms. The van der Waals surface area contributed by atoms with Gasteiger partial charge in [0.1, 0.15) is 11.6 Å². The molecule has 1 aromatic carbocycles. The Balaban J connectivity index is 1.49.